The molecule has 0 amide bonds. The fraction of sp³-hybridized carbons (Fsp3) is 0.455. The van der Waals surface area contributed by atoms with Gasteiger partial charge in [0.25, 0.3) is 0 Å². The first-order valence-electron chi connectivity index (χ1n) is 5.43. The Hall–Kier alpha value is -1.31. The first-order chi connectivity index (χ1) is 8.54. The van der Waals surface area contributed by atoms with Gasteiger partial charge in [0.15, 0.2) is 0 Å². The maximum absolute atomic E-state index is 10.9. The van der Waals surface area contributed by atoms with Gasteiger partial charge in [-0.1, -0.05) is 0 Å². The third-order valence-electron chi connectivity index (χ3n) is 2.87. The van der Waals surface area contributed by atoms with E-state index < -0.39 is 12.0 Å². The molecule has 2 atom stereocenters. The fourth-order valence-corrected chi connectivity index (χ4v) is 3.17. The second-order valence-electron chi connectivity index (χ2n) is 4.06. The average molecular weight is 270 g/mol. The number of hydrogen-bond acceptors (Lipinski definition) is 6. The number of nitrogens with zero attached hydrogens (tertiary/aromatic N) is 1. The highest BCUT2D eigenvalue weighted by Gasteiger charge is 2.33. The number of aliphatic hydroxyl groups excluding tert-OH is 1. The van der Waals surface area contributed by atoms with Crippen molar-refractivity contribution in [2.24, 2.45) is 0 Å². The molecule has 2 rings (SSSR count). The lowest BCUT2D eigenvalue weighted by molar-refractivity contribution is -0.138. The lowest BCUT2D eigenvalue weighted by atomic mass is 10.1. The van der Waals surface area contributed by atoms with Crippen molar-refractivity contribution in [3.05, 3.63) is 23.0 Å². The van der Waals surface area contributed by atoms with E-state index in [-0.39, 0.29) is 17.7 Å². The molecule has 0 aliphatic carbocycles. The smallest absolute Gasteiger partial charge is 0.321 e. The van der Waals surface area contributed by atoms with E-state index in [0.29, 0.717) is 22.6 Å². The number of pyridine rings is 1. The van der Waals surface area contributed by atoms with Crippen LogP contribution in [0.1, 0.15) is 22.2 Å². The van der Waals surface area contributed by atoms with Crippen LogP contribution in [0.2, 0.25) is 0 Å². The summed E-state index contributed by atoms with van der Waals surface area (Å²) in [4.78, 5) is 14.9. The second kappa shape index (κ2) is 5.13. The maximum atomic E-state index is 10.9. The Morgan fingerprint density at radius 2 is 2.39 bits per heavy atom. The molecule has 0 radical (unpaired) electrons. The number of aryl methyl sites for hydroxylation is 1. The summed E-state index contributed by atoms with van der Waals surface area (Å²) in [5.74, 6) is -0.482. The van der Waals surface area contributed by atoms with Crippen LogP contribution in [0.25, 0.3) is 0 Å². The molecule has 7 heteroatoms. The summed E-state index contributed by atoms with van der Waals surface area (Å²) >= 11 is 1.39. The van der Waals surface area contributed by atoms with Crippen molar-refractivity contribution in [2.75, 3.05) is 5.75 Å². The van der Waals surface area contributed by atoms with E-state index in [9.17, 15) is 15.0 Å². The van der Waals surface area contributed by atoms with Gasteiger partial charge >= 0.3 is 5.97 Å². The first kappa shape index (κ1) is 13.1. The largest absolute Gasteiger partial charge is 0.506 e. The quantitative estimate of drug-likeness (QED) is 0.629. The summed E-state index contributed by atoms with van der Waals surface area (Å²) in [5.41, 5.74) is 1.50. The van der Waals surface area contributed by atoms with Crippen LogP contribution < -0.4 is 5.32 Å². The molecule has 2 heterocycles. The normalized spacial score (nSPS) is 23.2. The van der Waals surface area contributed by atoms with Crippen LogP contribution in [0.4, 0.5) is 0 Å². The van der Waals surface area contributed by atoms with Crippen molar-refractivity contribution in [3.63, 3.8) is 0 Å². The molecule has 0 aromatic carbocycles. The van der Waals surface area contributed by atoms with Gasteiger partial charge in [-0.15, -0.1) is 11.8 Å². The SMILES string of the molecule is Cc1ncc(CO)c(C2NC(C(=O)O)CS2)c1O. The summed E-state index contributed by atoms with van der Waals surface area (Å²) in [7, 11) is 0. The van der Waals surface area contributed by atoms with Crippen LogP contribution in [0.5, 0.6) is 5.75 Å². The molecule has 1 aromatic heterocycles. The summed E-state index contributed by atoms with van der Waals surface area (Å²) < 4.78 is 0. The number of carbonyl (C=O) groups is 1. The number of thioether (sulfide) groups is 1. The van der Waals surface area contributed by atoms with Crippen LogP contribution >= 0.6 is 11.8 Å². The molecule has 1 aliphatic rings. The number of aliphatic carboxylic acids is 1. The number of aliphatic hydroxyl groups is 1. The monoisotopic (exact) mass is 270 g/mol. The van der Waals surface area contributed by atoms with Crippen LogP contribution in [0.3, 0.4) is 0 Å². The highest BCUT2D eigenvalue weighted by Crippen LogP contribution is 2.40. The highest BCUT2D eigenvalue weighted by atomic mass is 32.2. The zero-order chi connectivity index (χ0) is 13.3. The minimum absolute atomic E-state index is 0.0117. The van der Waals surface area contributed by atoms with Gasteiger partial charge in [-0.05, 0) is 6.92 Å². The van der Waals surface area contributed by atoms with Gasteiger partial charge in [0.2, 0.25) is 0 Å². The van der Waals surface area contributed by atoms with Crippen LogP contribution in [0, 0.1) is 6.92 Å². The van der Waals surface area contributed by atoms with E-state index in [4.69, 9.17) is 5.11 Å². The van der Waals surface area contributed by atoms with Crippen molar-refractivity contribution in [1.82, 2.24) is 10.3 Å². The second-order valence-corrected chi connectivity index (χ2v) is 5.20. The minimum Gasteiger partial charge on any atom is -0.506 e. The summed E-state index contributed by atoms with van der Waals surface area (Å²) in [6.45, 7) is 1.42. The zero-order valence-electron chi connectivity index (χ0n) is 9.75. The number of hydrogen-bond donors (Lipinski definition) is 4. The Morgan fingerprint density at radius 1 is 1.67 bits per heavy atom. The highest BCUT2D eigenvalue weighted by molar-refractivity contribution is 7.99. The molecule has 1 saturated heterocycles. The Morgan fingerprint density at radius 3 is 2.94 bits per heavy atom. The van der Waals surface area contributed by atoms with Crippen molar-refractivity contribution >= 4 is 17.7 Å². The van der Waals surface area contributed by atoms with Crippen molar-refractivity contribution < 1.29 is 20.1 Å². The van der Waals surface area contributed by atoms with Gasteiger partial charge in [0.1, 0.15) is 11.8 Å². The molecule has 18 heavy (non-hydrogen) atoms. The summed E-state index contributed by atoms with van der Waals surface area (Å²) in [6, 6.07) is -0.639. The standard InChI is InChI=1S/C11H14N2O4S/c1-5-9(15)8(6(3-14)2-12-5)10-13-7(4-18-10)11(16)17/h2,7,10,13-15H,3-4H2,1H3,(H,16,17). The molecular formula is C11H14N2O4S. The molecule has 1 aliphatic heterocycles. The minimum atomic E-state index is -0.916. The summed E-state index contributed by atoms with van der Waals surface area (Å²) in [6.07, 6.45) is 1.50. The van der Waals surface area contributed by atoms with E-state index in [1.54, 1.807) is 6.92 Å². The predicted octanol–water partition coefficient (Wildman–Crippen LogP) is 0.376. The topological polar surface area (TPSA) is 103 Å². The van der Waals surface area contributed by atoms with Crippen molar-refractivity contribution in [1.29, 1.82) is 0 Å². The Balaban J connectivity index is 2.34. The number of carboxylic acid groups (broad SMARTS) is 1. The number of aromatic nitrogens is 1. The van der Waals surface area contributed by atoms with Gasteiger partial charge in [-0.25, -0.2) is 0 Å². The molecular weight excluding hydrogens is 256 g/mol. The maximum Gasteiger partial charge on any atom is 0.321 e. The van der Waals surface area contributed by atoms with Crippen molar-refractivity contribution in [3.8, 4) is 5.75 Å². The molecule has 0 saturated carbocycles. The van der Waals surface area contributed by atoms with Crippen LogP contribution in [0.15, 0.2) is 6.20 Å². The molecule has 0 spiro atoms. The number of rotatable bonds is 3. The van der Waals surface area contributed by atoms with Crippen molar-refractivity contribution in [2.45, 2.75) is 24.9 Å². The van der Waals surface area contributed by atoms with Crippen LogP contribution in [-0.2, 0) is 11.4 Å². The average Bonchev–Trinajstić information content (AvgIpc) is 2.81. The molecule has 2 unspecified atom stereocenters. The van der Waals surface area contributed by atoms with Crippen LogP contribution in [-0.4, -0.2) is 38.1 Å². The number of carboxylic acids is 1. The Labute approximate surface area is 108 Å². The lowest BCUT2D eigenvalue weighted by Crippen LogP contribution is -2.34. The van der Waals surface area contributed by atoms with E-state index in [2.05, 4.69) is 10.3 Å². The van der Waals surface area contributed by atoms with E-state index in [1.807, 2.05) is 0 Å². The number of aromatic hydroxyl groups is 1. The fourth-order valence-electron chi connectivity index (χ4n) is 1.85. The molecule has 1 aromatic rings. The molecule has 0 bridgehead atoms. The third kappa shape index (κ3) is 2.29. The predicted molar refractivity (Wildman–Crippen MR) is 66.3 cm³/mol. The lowest BCUT2D eigenvalue weighted by Gasteiger charge is -2.17. The zero-order valence-corrected chi connectivity index (χ0v) is 10.6. The molecule has 4 N–H and O–H groups in total. The number of nitrogens with one attached hydrogen (secondary N) is 1. The molecule has 6 nitrogen and oxygen atoms in total. The van der Waals surface area contributed by atoms with Gasteiger partial charge < -0.3 is 15.3 Å². The van der Waals surface area contributed by atoms with Gasteiger partial charge in [-0.2, -0.15) is 0 Å². The molecule has 98 valence electrons. The van der Waals surface area contributed by atoms with Gasteiger partial charge in [-0.3, -0.25) is 15.1 Å². The van der Waals surface area contributed by atoms with E-state index in [0.717, 1.165) is 0 Å². The van der Waals surface area contributed by atoms with Gasteiger partial charge in [0.05, 0.1) is 17.7 Å². The third-order valence-corrected chi connectivity index (χ3v) is 4.10. The molecule has 1 fully saturated rings. The first-order valence-corrected chi connectivity index (χ1v) is 6.48. The van der Waals surface area contributed by atoms with E-state index >= 15 is 0 Å². The van der Waals surface area contributed by atoms with Gasteiger partial charge in [0, 0.05) is 23.1 Å². The Bertz CT molecular complexity index is 480. The van der Waals surface area contributed by atoms with E-state index in [1.165, 1.54) is 18.0 Å². The Kier molecular flexibility index (Phi) is 3.74. The summed E-state index contributed by atoms with van der Waals surface area (Å²) in [5, 5.41) is 30.8.